The number of fused-ring (bicyclic) bond motifs is 1. The summed E-state index contributed by atoms with van der Waals surface area (Å²) in [5.41, 5.74) is 8.37. The second kappa shape index (κ2) is 4.71. The average molecular weight is 358 g/mol. The molecule has 0 unspecified atom stereocenters. The molecule has 2 N–H and O–H groups in total. The molecule has 0 bridgehead atoms. The Morgan fingerprint density at radius 1 is 1.16 bits per heavy atom. The molecule has 0 atom stereocenters. The third-order valence-corrected chi connectivity index (χ3v) is 3.87. The van der Waals surface area contributed by atoms with Gasteiger partial charge in [0, 0.05) is 20.7 Å². The first-order valence-electron chi connectivity index (χ1n) is 5.35. The fourth-order valence-electron chi connectivity index (χ4n) is 1.76. The highest BCUT2D eigenvalue weighted by Gasteiger charge is 2.12. The Labute approximate surface area is 127 Å². The topological polar surface area (TPSA) is 52.0 Å². The van der Waals surface area contributed by atoms with Crippen molar-refractivity contribution in [3.63, 3.8) is 0 Å². The number of halogens is 3. The van der Waals surface area contributed by atoms with Crippen LogP contribution in [-0.4, -0.2) is 4.98 Å². The predicted molar refractivity (Wildman–Crippen MR) is 81.6 cm³/mol. The first-order chi connectivity index (χ1) is 9.04. The summed E-state index contributed by atoms with van der Waals surface area (Å²) in [4.78, 5) is 4.37. The maximum atomic E-state index is 6.07. The van der Waals surface area contributed by atoms with Crippen molar-refractivity contribution in [2.75, 3.05) is 5.73 Å². The van der Waals surface area contributed by atoms with E-state index in [-0.39, 0.29) is 0 Å². The van der Waals surface area contributed by atoms with Crippen LogP contribution in [0.5, 0.6) is 0 Å². The third-order valence-electron chi connectivity index (χ3n) is 2.65. The summed E-state index contributed by atoms with van der Waals surface area (Å²) in [6.07, 6.45) is 0. The second-order valence-corrected chi connectivity index (χ2v) is 5.69. The van der Waals surface area contributed by atoms with Crippen molar-refractivity contribution >= 4 is 55.9 Å². The number of nitrogen functional groups attached to an aromatic ring is 1. The van der Waals surface area contributed by atoms with E-state index in [1.807, 2.05) is 12.1 Å². The molecule has 1 aromatic heterocycles. The third kappa shape index (κ3) is 2.31. The molecule has 0 aliphatic carbocycles. The highest BCUT2D eigenvalue weighted by molar-refractivity contribution is 9.10. The number of nitrogens with zero attached hydrogens (tertiary/aromatic N) is 1. The number of hydrogen-bond acceptors (Lipinski definition) is 3. The van der Waals surface area contributed by atoms with E-state index in [1.54, 1.807) is 18.2 Å². The molecule has 19 heavy (non-hydrogen) atoms. The molecule has 3 aromatic rings. The van der Waals surface area contributed by atoms with Gasteiger partial charge in [-0.2, -0.15) is 0 Å². The van der Waals surface area contributed by atoms with E-state index in [0.29, 0.717) is 32.7 Å². The Balaban J connectivity index is 2.20. The predicted octanol–water partition coefficient (Wildman–Crippen LogP) is 5.15. The first kappa shape index (κ1) is 12.8. The zero-order valence-corrected chi connectivity index (χ0v) is 12.6. The lowest BCUT2D eigenvalue weighted by atomic mass is 10.2. The molecule has 6 heteroatoms. The molecule has 0 saturated carbocycles. The van der Waals surface area contributed by atoms with Gasteiger partial charge in [-0.15, -0.1) is 0 Å². The van der Waals surface area contributed by atoms with Gasteiger partial charge in [0.15, 0.2) is 5.58 Å². The van der Waals surface area contributed by atoms with Gasteiger partial charge in [-0.3, -0.25) is 0 Å². The summed E-state index contributed by atoms with van der Waals surface area (Å²) in [5.74, 6) is 0.457. The number of nitrogens with two attached hydrogens (primary N) is 1. The van der Waals surface area contributed by atoms with Crippen molar-refractivity contribution in [3.05, 3.63) is 44.8 Å². The van der Waals surface area contributed by atoms with Gasteiger partial charge in [0.2, 0.25) is 5.89 Å². The Morgan fingerprint density at radius 2 is 1.95 bits per heavy atom. The fourth-order valence-corrected chi connectivity index (χ4v) is 2.53. The van der Waals surface area contributed by atoms with Crippen molar-refractivity contribution in [1.82, 2.24) is 4.98 Å². The molecular weight excluding hydrogens is 351 g/mol. The minimum absolute atomic E-state index is 0.436. The first-order valence-corrected chi connectivity index (χ1v) is 6.90. The number of benzene rings is 2. The molecule has 0 aliphatic rings. The molecule has 96 valence electrons. The monoisotopic (exact) mass is 356 g/mol. The Hall–Kier alpha value is -1.23. The maximum Gasteiger partial charge on any atom is 0.227 e. The Bertz CT molecular complexity index is 786. The quantitative estimate of drug-likeness (QED) is 0.613. The molecular formula is C13H7BrCl2N2O. The van der Waals surface area contributed by atoms with Crippen LogP contribution < -0.4 is 5.73 Å². The molecule has 1 heterocycles. The van der Waals surface area contributed by atoms with Gasteiger partial charge >= 0.3 is 0 Å². The summed E-state index contributed by atoms with van der Waals surface area (Å²) in [6, 6.07) is 8.81. The lowest BCUT2D eigenvalue weighted by Crippen LogP contribution is -1.87. The largest absolute Gasteiger partial charge is 0.435 e. The van der Waals surface area contributed by atoms with Crippen LogP contribution in [0.4, 0.5) is 5.69 Å². The molecule has 0 spiro atoms. The van der Waals surface area contributed by atoms with E-state index in [0.717, 1.165) is 10.0 Å². The number of anilines is 1. The van der Waals surface area contributed by atoms with Crippen LogP contribution in [0.1, 0.15) is 0 Å². The van der Waals surface area contributed by atoms with Crippen molar-refractivity contribution in [2.24, 2.45) is 0 Å². The van der Waals surface area contributed by atoms with E-state index in [2.05, 4.69) is 20.9 Å². The van der Waals surface area contributed by atoms with Crippen LogP contribution >= 0.6 is 39.1 Å². The molecule has 3 rings (SSSR count). The Kier molecular flexibility index (Phi) is 3.17. The van der Waals surface area contributed by atoms with E-state index < -0.39 is 0 Å². The van der Waals surface area contributed by atoms with Crippen LogP contribution in [0.3, 0.4) is 0 Å². The lowest BCUT2D eigenvalue weighted by molar-refractivity contribution is 0.620. The van der Waals surface area contributed by atoms with Gasteiger partial charge in [-0.05, 0) is 46.3 Å². The van der Waals surface area contributed by atoms with E-state index in [4.69, 9.17) is 33.4 Å². The van der Waals surface area contributed by atoms with Crippen LogP contribution in [0.25, 0.3) is 22.6 Å². The van der Waals surface area contributed by atoms with Crippen LogP contribution in [0.2, 0.25) is 10.0 Å². The molecule has 0 aliphatic heterocycles. The number of hydrogen-bond donors (Lipinski definition) is 1. The summed E-state index contributed by atoms with van der Waals surface area (Å²) in [7, 11) is 0. The van der Waals surface area contributed by atoms with Crippen LogP contribution in [0, 0.1) is 0 Å². The summed E-state index contributed by atoms with van der Waals surface area (Å²) in [6.45, 7) is 0. The smallest absolute Gasteiger partial charge is 0.227 e. The van der Waals surface area contributed by atoms with Gasteiger partial charge in [0.1, 0.15) is 5.52 Å². The molecule has 0 saturated heterocycles. The standard InChI is InChI=1S/C13H7BrCl2N2O/c14-8-2-1-6(3-10(8)17)13-18-11-5-7(15)4-9(16)12(11)19-13/h1-5H,17H2. The minimum atomic E-state index is 0.436. The molecule has 0 radical (unpaired) electrons. The van der Waals surface area contributed by atoms with Gasteiger partial charge in [-0.1, -0.05) is 23.2 Å². The SMILES string of the molecule is Nc1cc(-c2nc3cc(Cl)cc(Cl)c3o2)ccc1Br. The van der Waals surface area contributed by atoms with Crippen molar-refractivity contribution in [1.29, 1.82) is 0 Å². The normalized spacial score (nSPS) is 11.1. The Morgan fingerprint density at radius 3 is 2.68 bits per heavy atom. The molecule has 0 amide bonds. The number of rotatable bonds is 1. The van der Waals surface area contributed by atoms with Gasteiger partial charge in [-0.25, -0.2) is 4.98 Å². The lowest BCUT2D eigenvalue weighted by Gasteiger charge is -1.99. The van der Waals surface area contributed by atoms with E-state index >= 15 is 0 Å². The van der Waals surface area contributed by atoms with Crippen molar-refractivity contribution in [2.45, 2.75) is 0 Å². The second-order valence-electron chi connectivity index (χ2n) is 3.99. The fraction of sp³-hybridized carbons (Fsp3) is 0. The molecule has 0 fully saturated rings. The van der Waals surface area contributed by atoms with Gasteiger partial charge in [0.25, 0.3) is 0 Å². The van der Waals surface area contributed by atoms with Crippen molar-refractivity contribution in [3.8, 4) is 11.5 Å². The van der Waals surface area contributed by atoms with E-state index in [9.17, 15) is 0 Å². The van der Waals surface area contributed by atoms with E-state index in [1.165, 1.54) is 0 Å². The molecule has 3 nitrogen and oxygen atoms in total. The molecule has 2 aromatic carbocycles. The summed E-state index contributed by atoms with van der Waals surface area (Å²) in [5, 5.41) is 0.957. The van der Waals surface area contributed by atoms with Crippen molar-refractivity contribution < 1.29 is 4.42 Å². The number of oxazole rings is 1. The summed E-state index contributed by atoms with van der Waals surface area (Å²) >= 11 is 15.3. The summed E-state index contributed by atoms with van der Waals surface area (Å²) < 4.78 is 6.49. The average Bonchev–Trinajstić information content (AvgIpc) is 2.76. The zero-order chi connectivity index (χ0) is 13.6. The highest BCUT2D eigenvalue weighted by atomic mass is 79.9. The number of aromatic nitrogens is 1. The highest BCUT2D eigenvalue weighted by Crippen LogP contribution is 2.33. The van der Waals surface area contributed by atoms with Gasteiger partial charge in [0.05, 0.1) is 5.02 Å². The maximum absolute atomic E-state index is 6.07. The van der Waals surface area contributed by atoms with Gasteiger partial charge < -0.3 is 10.2 Å². The van der Waals surface area contributed by atoms with Crippen LogP contribution in [-0.2, 0) is 0 Å². The minimum Gasteiger partial charge on any atom is -0.435 e. The zero-order valence-electron chi connectivity index (χ0n) is 9.45. The van der Waals surface area contributed by atoms with Crippen LogP contribution in [0.15, 0.2) is 39.2 Å².